The largest absolute Gasteiger partial charge is 0.416 e. The lowest BCUT2D eigenvalue weighted by Gasteiger charge is -2.12. The molecule has 0 amide bonds. The minimum atomic E-state index is -4.46. The van der Waals surface area contributed by atoms with E-state index in [0.717, 1.165) is 12.1 Å². The highest BCUT2D eigenvalue weighted by Crippen LogP contribution is 2.32. The second-order valence-corrected chi connectivity index (χ2v) is 4.39. The van der Waals surface area contributed by atoms with Gasteiger partial charge in [0.1, 0.15) is 11.6 Å². The number of alkyl halides is 3. The van der Waals surface area contributed by atoms with E-state index in [0.29, 0.717) is 5.56 Å². The van der Waals surface area contributed by atoms with Gasteiger partial charge in [-0.1, -0.05) is 6.07 Å². The molecule has 114 valence electrons. The third-order valence-electron chi connectivity index (χ3n) is 2.69. The van der Waals surface area contributed by atoms with Crippen molar-refractivity contribution in [3.05, 3.63) is 41.4 Å². The zero-order chi connectivity index (χ0) is 16.2. The van der Waals surface area contributed by atoms with E-state index in [1.807, 2.05) is 6.07 Å². The third-order valence-corrected chi connectivity index (χ3v) is 3.03. The Kier molecular flexibility index (Phi) is 4.67. The number of aromatic amines is 1. The van der Waals surface area contributed by atoms with Gasteiger partial charge in [0.2, 0.25) is 5.82 Å². The molecule has 0 bridgehead atoms. The molecule has 2 rings (SSSR count). The fourth-order valence-corrected chi connectivity index (χ4v) is 1.87. The second-order valence-electron chi connectivity index (χ2n) is 4.08. The molecule has 0 unspecified atom stereocenters. The Labute approximate surface area is 128 Å². The zero-order valence-corrected chi connectivity index (χ0v) is 11.8. The van der Waals surface area contributed by atoms with Crippen LogP contribution in [0.25, 0.3) is 5.57 Å². The van der Waals surface area contributed by atoms with Crippen LogP contribution in [-0.4, -0.2) is 20.6 Å². The number of halogens is 3. The van der Waals surface area contributed by atoms with E-state index in [9.17, 15) is 13.2 Å². The average molecular weight is 326 g/mol. The molecule has 1 aromatic heterocycles. The van der Waals surface area contributed by atoms with Crippen LogP contribution in [0.5, 0.6) is 0 Å². The molecule has 0 fully saturated rings. The number of hydrogen-bond acceptors (Lipinski definition) is 6. The minimum absolute atomic E-state index is 0.0243. The molecule has 0 spiro atoms. The van der Waals surface area contributed by atoms with Crippen molar-refractivity contribution in [2.45, 2.75) is 11.9 Å². The van der Waals surface area contributed by atoms with Crippen LogP contribution >= 0.6 is 12.6 Å². The summed E-state index contributed by atoms with van der Waals surface area (Å²) in [5, 5.41) is 24.4. The quantitative estimate of drug-likeness (QED) is 0.593. The van der Waals surface area contributed by atoms with Crippen LogP contribution in [0.1, 0.15) is 17.0 Å². The van der Waals surface area contributed by atoms with Crippen LogP contribution in [0.4, 0.5) is 18.9 Å². The molecule has 6 nitrogen and oxygen atoms in total. The first-order chi connectivity index (χ1) is 10.5. The van der Waals surface area contributed by atoms with Gasteiger partial charge in [0, 0.05) is 17.6 Å². The van der Waals surface area contributed by atoms with E-state index < -0.39 is 11.7 Å². The van der Waals surface area contributed by atoms with Crippen LogP contribution in [0.15, 0.2) is 24.4 Å². The van der Waals surface area contributed by atoms with Gasteiger partial charge < -0.3 is 5.32 Å². The fraction of sp³-hybridized carbons (Fsp3) is 0.167. The molecule has 0 atom stereocenters. The highest BCUT2D eigenvalue weighted by atomic mass is 32.1. The Balaban J connectivity index is 2.34. The molecule has 0 aliphatic rings. The summed E-state index contributed by atoms with van der Waals surface area (Å²) in [6.07, 6.45) is -3.24. The molecule has 0 saturated carbocycles. The number of nitrogens with one attached hydrogen (secondary N) is 2. The summed E-state index contributed by atoms with van der Waals surface area (Å²) in [6, 6.07) is 5.08. The average Bonchev–Trinajstić information content (AvgIpc) is 3.01. The SMILES string of the molecule is N#CC(=CNc1cc(C(F)(F)F)ccc1CS)c1nn[nH]n1. The summed E-state index contributed by atoms with van der Waals surface area (Å²) in [5.41, 5.74) is -0.0256. The number of rotatable bonds is 4. The second kappa shape index (κ2) is 6.48. The molecular formula is C12H9F3N6S. The van der Waals surface area contributed by atoms with Crippen molar-refractivity contribution in [3.63, 3.8) is 0 Å². The van der Waals surface area contributed by atoms with Crippen LogP contribution in [-0.2, 0) is 11.9 Å². The van der Waals surface area contributed by atoms with Crippen molar-refractivity contribution in [3.8, 4) is 6.07 Å². The van der Waals surface area contributed by atoms with E-state index in [1.165, 1.54) is 12.3 Å². The van der Waals surface area contributed by atoms with E-state index in [1.54, 1.807) is 0 Å². The minimum Gasteiger partial charge on any atom is -0.360 e. The van der Waals surface area contributed by atoms with Crippen LogP contribution in [0, 0.1) is 11.3 Å². The molecule has 0 saturated heterocycles. The first-order valence-electron chi connectivity index (χ1n) is 5.87. The molecule has 22 heavy (non-hydrogen) atoms. The Hall–Kier alpha value is -2.54. The number of hydrogen-bond donors (Lipinski definition) is 3. The van der Waals surface area contributed by atoms with Gasteiger partial charge >= 0.3 is 6.18 Å². The summed E-state index contributed by atoms with van der Waals surface area (Å²) < 4.78 is 38.2. The summed E-state index contributed by atoms with van der Waals surface area (Å²) >= 11 is 4.07. The Morgan fingerprint density at radius 1 is 1.45 bits per heavy atom. The third kappa shape index (κ3) is 3.56. The number of tetrazole rings is 1. The van der Waals surface area contributed by atoms with Gasteiger partial charge in [0.15, 0.2) is 0 Å². The van der Waals surface area contributed by atoms with Gasteiger partial charge in [0.25, 0.3) is 0 Å². The van der Waals surface area contributed by atoms with Crippen LogP contribution in [0.2, 0.25) is 0 Å². The smallest absolute Gasteiger partial charge is 0.360 e. The number of benzene rings is 1. The van der Waals surface area contributed by atoms with Crippen molar-refractivity contribution in [1.82, 2.24) is 20.6 Å². The molecule has 0 aliphatic carbocycles. The zero-order valence-electron chi connectivity index (χ0n) is 10.9. The number of nitriles is 1. The van der Waals surface area contributed by atoms with Crippen molar-refractivity contribution in [2.24, 2.45) is 0 Å². The first kappa shape index (κ1) is 15.8. The van der Waals surface area contributed by atoms with Crippen LogP contribution < -0.4 is 5.32 Å². The molecule has 2 aromatic rings. The van der Waals surface area contributed by atoms with Gasteiger partial charge in [-0.15, -0.1) is 10.2 Å². The number of H-pyrrole nitrogens is 1. The number of aromatic nitrogens is 4. The van der Waals surface area contributed by atoms with Gasteiger partial charge in [-0.2, -0.15) is 36.3 Å². The Bertz CT molecular complexity index is 717. The molecule has 2 N–H and O–H groups in total. The topological polar surface area (TPSA) is 90.3 Å². The number of nitrogens with zero attached hydrogens (tertiary/aromatic N) is 4. The van der Waals surface area contributed by atoms with Crippen molar-refractivity contribution in [2.75, 3.05) is 5.32 Å². The molecule has 0 aliphatic heterocycles. The van der Waals surface area contributed by atoms with E-state index in [4.69, 9.17) is 5.26 Å². The fourth-order valence-electron chi connectivity index (χ4n) is 1.60. The van der Waals surface area contributed by atoms with Gasteiger partial charge in [-0.05, 0) is 22.9 Å². The molecule has 1 aromatic carbocycles. The summed E-state index contributed by atoms with van der Waals surface area (Å²) in [5.74, 6) is 0.271. The summed E-state index contributed by atoms with van der Waals surface area (Å²) in [7, 11) is 0. The van der Waals surface area contributed by atoms with Gasteiger partial charge in [-0.25, -0.2) is 0 Å². The number of anilines is 1. The maximum Gasteiger partial charge on any atom is 0.416 e. The van der Waals surface area contributed by atoms with E-state index in [-0.39, 0.29) is 22.8 Å². The van der Waals surface area contributed by atoms with Gasteiger partial charge in [0.05, 0.1) is 5.56 Å². The van der Waals surface area contributed by atoms with Crippen molar-refractivity contribution < 1.29 is 13.2 Å². The summed E-state index contributed by atoms with van der Waals surface area (Å²) in [6.45, 7) is 0. The van der Waals surface area contributed by atoms with Gasteiger partial charge in [-0.3, -0.25) is 0 Å². The first-order valence-corrected chi connectivity index (χ1v) is 6.50. The predicted octanol–water partition coefficient (Wildman–Crippen LogP) is 2.62. The maximum absolute atomic E-state index is 12.7. The Morgan fingerprint density at radius 3 is 2.77 bits per heavy atom. The van der Waals surface area contributed by atoms with Crippen molar-refractivity contribution >= 4 is 23.9 Å². The molecule has 10 heteroatoms. The number of allylic oxidation sites excluding steroid dienone is 1. The normalized spacial score (nSPS) is 12.0. The van der Waals surface area contributed by atoms with E-state index >= 15 is 0 Å². The summed E-state index contributed by atoms with van der Waals surface area (Å²) in [4.78, 5) is 0. The molecular weight excluding hydrogens is 317 g/mol. The molecule has 1 heterocycles. The van der Waals surface area contributed by atoms with Crippen molar-refractivity contribution in [1.29, 1.82) is 5.26 Å². The standard InChI is InChI=1S/C12H9F3N6S/c13-12(14,15)9-2-1-7(6-22)10(3-9)17-5-8(4-16)11-18-20-21-19-11/h1-3,5,17,22H,6H2,(H,18,19,20,21). The predicted molar refractivity (Wildman–Crippen MR) is 75.5 cm³/mol. The lowest BCUT2D eigenvalue weighted by Crippen LogP contribution is -2.06. The highest BCUT2D eigenvalue weighted by Gasteiger charge is 2.30. The lowest BCUT2D eigenvalue weighted by molar-refractivity contribution is -0.137. The van der Waals surface area contributed by atoms with E-state index in [2.05, 4.69) is 38.6 Å². The number of thiol groups is 1. The monoisotopic (exact) mass is 326 g/mol. The lowest BCUT2D eigenvalue weighted by atomic mass is 10.1. The highest BCUT2D eigenvalue weighted by molar-refractivity contribution is 7.79. The Morgan fingerprint density at radius 2 is 2.23 bits per heavy atom. The molecule has 0 radical (unpaired) electrons. The maximum atomic E-state index is 12.7. The van der Waals surface area contributed by atoms with Crippen LogP contribution in [0.3, 0.4) is 0 Å².